The van der Waals surface area contributed by atoms with Crippen LogP contribution >= 0.6 is 11.8 Å². The predicted octanol–water partition coefficient (Wildman–Crippen LogP) is 1.29. The van der Waals surface area contributed by atoms with Crippen molar-refractivity contribution in [3.63, 3.8) is 0 Å². The van der Waals surface area contributed by atoms with Crippen molar-refractivity contribution in [3.05, 3.63) is 0 Å². The van der Waals surface area contributed by atoms with Gasteiger partial charge in [0.1, 0.15) is 0 Å². The molecule has 0 aromatic heterocycles. The molecular formula is C5H13NS. The second-order valence-electron chi connectivity index (χ2n) is 1.93. The molecule has 44 valence electrons. The lowest BCUT2D eigenvalue weighted by atomic mass is 10.3. The summed E-state index contributed by atoms with van der Waals surface area (Å²) in [7, 11) is 0. The highest BCUT2D eigenvalue weighted by atomic mass is 32.2. The molecule has 0 aliphatic carbocycles. The second kappa shape index (κ2) is 4.47. The largest absolute Gasteiger partial charge is 0.322 e. The Balaban J connectivity index is 2.68. The SMILES string of the molecule is CC(C)CSCN. The van der Waals surface area contributed by atoms with Gasteiger partial charge < -0.3 is 5.73 Å². The van der Waals surface area contributed by atoms with Crippen LogP contribution in [0.1, 0.15) is 13.8 Å². The van der Waals surface area contributed by atoms with E-state index in [0.29, 0.717) is 0 Å². The molecule has 0 saturated carbocycles. The van der Waals surface area contributed by atoms with Crippen molar-refractivity contribution in [2.24, 2.45) is 11.7 Å². The van der Waals surface area contributed by atoms with Crippen molar-refractivity contribution >= 4 is 11.8 Å². The van der Waals surface area contributed by atoms with E-state index < -0.39 is 0 Å². The normalized spacial score (nSPS) is 10.3. The zero-order valence-electron chi connectivity index (χ0n) is 4.98. The highest BCUT2D eigenvalue weighted by Crippen LogP contribution is 2.03. The first-order valence-corrected chi connectivity index (χ1v) is 3.70. The summed E-state index contributed by atoms with van der Waals surface area (Å²) in [5, 5.41) is 0. The fourth-order valence-corrected chi connectivity index (χ4v) is 0.911. The lowest BCUT2D eigenvalue weighted by Crippen LogP contribution is -1.97. The number of rotatable bonds is 3. The van der Waals surface area contributed by atoms with Gasteiger partial charge in [0.15, 0.2) is 0 Å². The molecule has 0 aromatic carbocycles. The minimum Gasteiger partial charge on any atom is -0.322 e. The molecule has 0 heterocycles. The van der Waals surface area contributed by atoms with Gasteiger partial charge in [0.25, 0.3) is 0 Å². The smallest absolute Gasteiger partial charge is 0.0392 e. The Kier molecular flexibility index (Phi) is 4.67. The molecule has 0 fully saturated rings. The standard InChI is InChI=1S/C5H13NS/c1-5(2)3-7-4-6/h5H,3-4,6H2,1-2H3. The number of nitrogens with two attached hydrogens (primary N) is 1. The summed E-state index contributed by atoms with van der Waals surface area (Å²) < 4.78 is 0. The Morgan fingerprint density at radius 1 is 1.57 bits per heavy atom. The van der Waals surface area contributed by atoms with E-state index in [-0.39, 0.29) is 0 Å². The predicted molar refractivity (Wildman–Crippen MR) is 36.4 cm³/mol. The Labute approximate surface area is 49.7 Å². The van der Waals surface area contributed by atoms with Gasteiger partial charge in [0.2, 0.25) is 0 Å². The summed E-state index contributed by atoms with van der Waals surface area (Å²) in [5.74, 6) is 2.74. The third kappa shape index (κ3) is 6.31. The van der Waals surface area contributed by atoms with Crippen LogP contribution in [0.4, 0.5) is 0 Å². The maximum Gasteiger partial charge on any atom is 0.0392 e. The van der Waals surface area contributed by atoms with Crippen LogP contribution in [-0.2, 0) is 0 Å². The minimum atomic E-state index is 0.762. The van der Waals surface area contributed by atoms with Crippen LogP contribution in [0.3, 0.4) is 0 Å². The summed E-state index contributed by atoms with van der Waals surface area (Å²) in [4.78, 5) is 0. The fraction of sp³-hybridized carbons (Fsp3) is 1.00. The molecule has 0 aliphatic heterocycles. The van der Waals surface area contributed by atoms with E-state index in [9.17, 15) is 0 Å². The van der Waals surface area contributed by atoms with Crippen LogP contribution in [0.15, 0.2) is 0 Å². The number of thioether (sulfide) groups is 1. The first-order valence-electron chi connectivity index (χ1n) is 2.55. The molecule has 0 aliphatic rings. The zero-order valence-corrected chi connectivity index (χ0v) is 5.79. The lowest BCUT2D eigenvalue weighted by Gasteiger charge is -1.98. The van der Waals surface area contributed by atoms with Crippen LogP contribution in [0.5, 0.6) is 0 Å². The molecule has 2 N–H and O–H groups in total. The second-order valence-corrected chi connectivity index (χ2v) is 3.01. The van der Waals surface area contributed by atoms with Crippen molar-refractivity contribution in [3.8, 4) is 0 Å². The zero-order chi connectivity index (χ0) is 5.70. The molecule has 1 nitrogen and oxygen atoms in total. The summed E-state index contributed by atoms with van der Waals surface area (Å²) in [5.41, 5.74) is 5.24. The summed E-state index contributed by atoms with van der Waals surface area (Å²) in [6.07, 6.45) is 0. The molecule has 0 amide bonds. The van der Waals surface area contributed by atoms with Crippen molar-refractivity contribution in [2.75, 3.05) is 11.6 Å². The van der Waals surface area contributed by atoms with E-state index in [1.807, 2.05) is 0 Å². The first-order chi connectivity index (χ1) is 3.27. The van der Waals surface area contributed by atoms with Gasteiger partial charge in [-0.1, -0.05) is 13.8 Å². The molecule has 0 unspecified atom stereocenters. The average Bonchev–Trinajstić information content (AvgIpc) is 1.61. The Hall–Kier alpha value is 0.310. The van der Waals surface area contributed by atoms with E-state index >= 15 is 0 Å². The van der Waals surface area contributed by atoms with Crippen molar-refractivity contribution in [1.29, 1.82) is 0 Å². The van der Waals surface area contributed by atoms with E-state index in [2.05, 4.69) is 13.8 Å². The van der Waals surface area contributed by atoms with Gasteiger partial charge in [0, 0.05) is 5.88 Å². The number of hydrogen-bond donors (Lipinski definition) is 1. The van der Waals surface area contributed by atoms with Crippen LogP contribution in [-0.4, -0.2) is 11.6 Å². The molecule has 7 heavy (non-hydrogen) atoms. The summed E-state index contributed by atoms with van der Waals surface area (Å²) in [6, 6.07) is 0. The van der Waals surface area contributed by atoms with E-state index in [1.54, 1.807) is 11.8 Å². The van der Waals surface area contributed by atoms with E-state index in [1.165, 1.54) is 5.75 Å². The van der Waals surface area contributed by atoms with Gasteiger partial charge in [0.05, 0.1) is 0 Å². The third-order valence-electron chi connectivity index (χ3n) is 0.569. The summed E-state index contributed by atoms with van der Waals surface area (Å²) in [6.45, 7) is 4.39. The van der Waals surface area contributed by atoms with Gasteiger partial charge in [-0.2, -0.15) is 0 Å². The van der Waals surface area contributed by atoms with Crippen LogP contribution in [0.2, 0.25) is 0 Å². The van der Waals surface area contributed by atoms with Crippen molar-refractivity contribution in [2.45, 2.75) is 13.8 Å². The molecule has 0 atom stereocenters. The molecule has 0 spiro atoms. The monoisotopic (exact) mass is 119 g/mol. The maximum atomic E-state index is 5.24. The lowest BCUT2D eigenvalue weighted by molar-refractivity contribution is 0.750. The van der Waals surface area contributed by atoms with Gasteiger partial charge >= 0.3 is 0 Å². The Bertz CT molecular complexity index is 37.1. The quantitative estimate of drug-likeness (QED) is 0.566. The van der Waals surface area contributed by atoms with Gasteiger partial charge in [-0.15, -0.1) is 11.8 Å². The molecule has 0 rings (SSSR count). The molecule has 2 heteroatoms. The van der Waals surface area contributed by atoms with Crippen LogP contribution in [0, 0.1) is 5.92 Å². The molecule has 0 saturated heterocycles. The number of hydrogen-bond acceptors (Lipinski definition) is 2. The minimum absolute atomic E-state index is 0.762. The summed E-state index contributed by atoms with van der Waals surface area (Å²) >= 11 is 1.79. The van der Waals surface area contributed by atoms with Crippen molar-refractivity contribution in [1.82, 2.24) is 0 Å². The van der Waals surface area contributed by atoms with E-state index in [0.717, 1.165) is 11.8 Å². The van der Waals surface area contributed by atoms with Gasteiger partial charge in [-0.25, -0.2) is 0 Å². The van der Waals surface area contributed by atoms with Crippen LogP contribution in [0.25, 0.3) is 0 Å². The van der Waals surface area contributed by atoms with Gasteiger partial charge in [-0.05, 0) is 11.7 Å². The molecule has 0 bridgehead atoms. The molecule has 0 aromatic rings. The molecular weight excluding hydrogens is 106 g/mol. The Morgan fingerprint density at radius 3 is 2.29 bits per heavy atom. The van der Waals surface area contributed by atoms with Crippen molar-refractivity contribution < 1.29 is 0 Å². The maximum absolute atomic E-state index is 5.24. The highest BCUT2D eigenvalue weighted by Gasteiger charge is 1.89. The topological polar surface area (TPSA) is 26.0 Å². The fourth-order valence-electron chi connectivity index (χ4n) is 0.304. The third-order valence-corrected chi connectivity index (χ3v) is 1.71. The highest BCUT2D eigenvalue weighted by molar-refractivity contribution is 7.99. The Morgan fingerprint density at radius 2 is 2.14 bits per heavy atom. The average molecular weight is 119 g/mol. The van der Waals surface area contributed by atoms with Crippen LogP contribution < -0.4 is 5.73 Å². The van der Waals surface area contributed by atoms with E-state index in [4.69, 9.17) is 5.73 Å². The van der Waals surface area contributed by atoms with Gasteiger partial charge in [-0.3, -0.25) is 0 Å². The molecule has 0 radical (unpaired) electrons. The first kappa shape index (κ1) is 7.31.